The number of amides is 1. The lowest BCUT2D eigenvalue weighted by molar-refractivity contribution is 0.0952. The van der Waals surface area contributed by atoms with Crippen molar-refractivity contribution in [1.82, 2.24) is 9.88 Å². The summed E-state index contributed by atoms with van der Waals surface area (Å²) in [6.07, 6.45) is 0.624. The molecule has 6 nitrogen and oxygen atoms in total. The number of hydrogen-bond acceptors (Lipinski definition) is 4. The van der Waals surface area contributed by atoms with Gasteiger partial charge in [0.2, 0.25) is 0 Å². The number of anilines is 1. The van der Waals surface area contributed by atoms with Crippen LogP contribution in [0, 0.1) is 0 Å². The summed E-state index contributed by atoms with van der Waals surface area (Å²) in [6.45, 7) is 0.690. The summed E-state index contributed by atoms with van der Waals surface area (Å²) in [6, 6.07) is 21.9. The molecule has 0 aliphatic carbocycles. The van der Waals surface area contributed by atoms with Gasteiger partial charge in [-0.15, -0.1) is 0 Å². The zero-order chi connectivity index (χ0) is 23.4. The summed E-state index contributed by atoms with van der Waals surface area (Å²) < 4.78 is 6.80. The number of benzene rings is 3. The van der Waals surface area contributed by atoms with E-state index in [4.69, 9.17) is 22.1 Å². The van der Waals surface area contributed by atoms with Crippen molar-refractivity contribution in [2.45, 2.75) is 13.0 Å². The van der Waals surface area contributed by atoms with Crippen molar-refractivity contribution in [3.05, 3.63) is 105 Å². The van der Waals surface area contributed by atoms with Gasteiger partial charge in [-0.3, -0.25) is 9.59 Å². The SMILES string of the molecule is COc1ccc(Cn2c(=O)c(C(=O)NCCc3ccc(Cl)cc3)cc3c(N)cccc32)cc1. The number of carbonyl (C=O) groups excluding carboxylic acids is 1. The van der Waals surface area contributed by atoms with E-state index in [-0.39, 0.29) is 11.1 Å². The Hall–Kier alpha value is -3.77. The van der Waals surface area contributed by atoms with Gasteiger partial charge < -0.3 is 20.4 Å². The highest BCUT2D eigenvalue weighted by Gasteiger charge is 2.17. The summed E-state index contributed by atoms with van der Waals surface area (Å²) in [4.78, 5) is 26.3. The molecule has 0 fully saturated rings. The second-order valence-corrected chi connectivity index (χ2v) is 8.15. The first kappa shape index (κ1) is 22.4. The van der Waals surface area contributed by atoms with Crippen LogP contribution in [0.1, 0.15) is 21.5 Å². The van der Waals surface area contributed by atoms with Crippen LogP contribution in [0.4, 0.5) is 5.69 Å². The molecule has 0 atom stereocenters. The number of nitrogens with zero attached hydrogens (tertiary/aromatic N) is 1. The third-order valence-corrected chi connectivity index (χ3v) is 5.78. The molecular weight excluding hydrogens is 438 g/mol. The van der Waals surface area contributed by atoms with E-state index in [0.717, 1.165) is 16.9 Å². The molecule has 0 radical (unpaired) electrons. The molecule has 168 valence electrons. The molecule has 1 amide bonds. The highest BCUT2D eigenvalue weighted by Crippen LogP contribution is 2.22. The summed E-state index contributed by atoms with van der Waals surface area (Å²) in [5.74, 6) is 0.302. The summed E-state index contributed by atoms with van der Waals surface area (Å²) in [5, 5.41) is 4.17. The minimum atomic E-state index is -0.428. The van der Waals surface area contributed by atoms with E-state index < -0.39 is 5.91 Å². The van der Waals surface area contributed by atoms with Gasteiger partial charge in [-0.1, -0.05) is 41.9 Å². The Morgan fingerprint density at radius 1 is 1.03 bits per heavy atom. The molecule has 4 rings (SSSR count). The van der Waals surface area contributed by atoms with Crippen LogP contribution in [-0.2, 0) is 13.0 Å². The van der Waals surface area contributed by atoms with E-state index in [1.54, 1.807) is 29.9 Å². The van der Waals surface area contributed by atoms with E-state index in [1.807, 2.05) is 54.6 Å². The predicted octanol–water partition coefficient (Wildman–Crippen LogP) is 4.27. The third-order valence-electron chi connectivity index (χ3n) is 5.53. The van der Waals surface area contributed by atoms with Crippen LogP contribution in [0.3, 0.4) is 0 Å². The molecule has 0 saturated carbocycles. The smallest absolute Gasteiger partial charge is 0.264 e. The second kappa shape index (κ2) is 9.79. The summed E-state index contributed by atoms with van der Waals surface area (Å²) in [7, 11) is 1.60. The molecule has 0 bridgehead atoms. The zero-order valence-electron chi connectivity index (χ0n) is 18.2. The highest BCUT2D eigenvalue weighted by atomic mass is 35.5. The van der Waals surface area contributed by atoms with Crippen molar-refractivity contribution in [3.63, 3.8) is 0 Å². The first-order valence-corrected chi connectivity index (χ1v) is 10.9. The van der Waals surface area contributed by atoms with Crippen molar-refractivity contribution in [2.24, 2.45) is 0 Å². The molecule has 1 heterocycles. The number of carbonyl (C=O) groups is 1. The van der Waals surface area contributed by atoms with Crippen LogP contribution in [0.15, 0.2) is 77.6 Å². The Morgan fingerprint density at radius 3 is 2.42 bits per heavy atom. The number of aromatic nitrogens is 1. The van der Waals surface area contributed by atoms with Gasteiger partial charge in [-0.25, -0.2) is 0 Å². The Bertz CT molecular complexity index is 1350. The van der Waals surface area contributed by atoms with E-state index in [2.05, 4.69) is 5.32 Å². The Kier molecular flexibility index (Phi) is 6.66. The van der Waals surface area contributed by atoms with Gasteiger partial charge in [0.1, 0.15) is 11.3 Å². The van der Waals surface area contributed by atoms with E-state index in [0.29, 0.717) is 41.1 Å². The topological polar surface area (TPSA) is 86.3 Å². The molecule has 3 aromatic carbocycles. The fourth-order valence-corrected chi connectivity index (χ4v) is 3.85. The van der Waals surface area contributed by atoms with Gasteiger partial charge in [0.15, 0.2) is 0 Å². The maximum atomic E-state index is 13.4. The van der Waals surface area contributed by atoms with E-state index in [1.165, 1.54) is 0 Å². The predicted molar refractivity (Wildman–Crippen MR) is 132 cm³/mol. The Balaban J connectivity index is 1.64. The average molecular weight is 462 g/mol. The zero-order valence-corrected chi connectivity index (χ0v) is 18.9. The molecule has 7 heteroatoms. The van der Waals surface area contributed by atoms with Crippen LogP contribution in [0.25, 0.3) is 10.9 Å². The molecular formula is C26H24ClN3O3. The number of nitrogen functional groups attached to an aromatic ring is 1. The second-order valence-electron chi connectivity index (χ2n) is 7.71. The molecule has 0 spiro atoms. The van der Waals surface area contributed by atoms with Crippen LogP contribution >= 0.6 is 11.6 Å². The first-order chi connectivity index (χ1) is 16.0. The van der Waals surface area contributed by atoms with Gasteiger partial charge in [0, 0.05) is 22.6 Å². The van der Waals surface area contributed by atoms with Crippen LogP contribution in [-0.4, -0.2) is 24.1 Å². The average Bonchev–Trinajstić information content (AvgIpc) is 2.82. The lowest BCUT2D eigenvalue weighted by Crippen LogP contribution is -2.34. The standard InChI is InChI=1S/C26H24ClN3O3/c1-33-20-11-7-18(8-12-20)16-30-24-4-2-3-23(28)21(24)15-22(26(30)32)25(31)29-14-13-17-5-9-19(27)10-6-17/h2-12,15H,13-14,16,28H2,1H3,(H,29,31). The van der Waals surface area contributed by atoms with Crippen molar-refractivity contribution >= 4 is 34.1 Å². The maximum absolute atomic E-state index is 13.4. The number of rotatable bonds is 7. The van der Waals surface area contributed by atoms with Crippen LogP contribution < -0.4 is 21.3 Å². The number of methoxy groups -OCH3 is 1. The molecule has 0 saturated heterocycles. The lowest BCUT2D eigenvalue weighted by Gasteiger charge is -2.15. The van der Waals surface area contributed by atoms with Crippen molar-refractivity contribution < 1.29 is 9.53 Å². The normalized spacial score (nSPS) is 10.8. The van der Waals surface area contributed by atoms with Crippen molar-refractivity contribution in [1.29, 1.82) is 0 Å². The minimum Gasteiger partial charge on any atom is -0.497 e. The fourth-order valence-electron chi connectivity index (χ4n) is 3.72. The van der Waals surface area contributed by atoms with Gasteiger partial charge >= 0.3 is 0 Å². The quantitative estimate of drug-likeness (QED) is 0.402. The molecule has 1 aromatic heterocycles. The largest absolute Gasteiger partial charge is 0.497 e. The minimum absolute atomic E-state index is 0.0602. The van der Waals surface area contributed by atoms with Gasteiger partial charge in [0.25, 0.3) is 11.5 Å². The number of ether oxygens (including phenoxy) is 1. The van der Waals surface area contributed by atoms with E-state index >= 15 is 0 Å². The number of nitrogens with one attached hydrogen (secondary N) is 1. The third kappa shape index (κ3) is 5.02. The van der Waals surface area contributed by atoms with Gasteiger partial charge in [-0.2, -0.15) is 0 Å². The van der Waals surface area contributed by atoms with Crippen LogP contribution in [0.5, 0.6) is 5.75 Å². The van der Waals surface area contributed by atoms with Crippen LogP contribution in [0.2, 0.25) is 5.02 Å². The Labute approximate surface area is 196 Å². The number of halogens is 1. The maximum Gasteiger partial charge on any atom is 0.264 e. The monoisotopic (exact) mass is 461 g/mol. The fraction of sp³-hybridized carbons (Fsp3) is 0.154. The van der Waals surface area contributed by atoms with Gasteiger partial charge in [-0.05, 0) is 60.0 Å². The van der Waals surface area contributed by atoms with Gasteiger partial charge in [0.05, 0.1) is 19.2 Å². The van der Waals surface area contributed by atoms with E-state index in [9.17, 15) is 9.59 Å². The molecule has 0 aliphatic rings. The summed E-state index contributed by atoms with van der Waals surface area (Å²) in [5.41, 5.74) is 9.01. The molecule has 3 N–H and O–H groups in total. The number of nitrogens with two attached hydrogens (primary N) is 1. The highest BCUT2D eigenvalue weighted by molar-refractivity contribution is 6.30. The number of pyridine rings is 1. The molecule has 4 aromatic rings. The summed E-state index contributed by atoms with van der Waals surface area (Å²) >= 11 is 5.92. The number of fused-ring (bicyclic) bond motifs is 1. The Morgan fingerprint density at radius 2 is 1.73 bits per heavy atom. The van der Waals surface area contributed by atoms with Crippen molar-refractivity contribution in [3.8, 4) is 5.75 Å². The molecule has 0 aliphatic heterocycles. The molecule has 33 heavy (non-hydrogen) atoms. The van der Waals surface area contributed by atoms with Crippen molar-refractivity contribution in [2.75, 3.05) is 19.4 Å². The molecule has 0 unspecified atom stereocenters. The lowest BCUT2D eigenvalue weighted by atomic mass is 10.1. The first-order valence-electron chi connectivity index (χ1n) is 10.5. The number of hydrogen-bond donors (Lipinski definition) is 2.